The van der Waals surface area contributed by atoms with Crippen molar-refractivity contribution in [2.24, 2.45) is 0 Å². The number of hydrogen-bond donors (Lipinski definition) is 0. The number of anilines is 2. The number of rotatable bonds is 4. The van der Waals surface area contributed by atoms with E-state index >= 15 is 0 Å². The van der Waals surface area contributed by atoms with E-state index in [1.807, 2.05) is 36.9 Å². The second-order valence-electron chi connectivity index (χ2n) is 6.87. The van der Waals surface area contributed by atoms with Crippen LogP contribution in [0.3, 0.4) is 0 Å². The molecule has 1 aromatic carbocycles. The molecule has 28 heavy (non-hydrogen) atoms. The summed E-state index contributed by atoms with van der Waals surface area (Å²) in [5, 5.41) is 0. The number of aromatic nitrogens is 2. The van der Waals surface area contributed by atoms with Gasteiger partial charge in [-0.2, -0.15) is 4.98 Å². The number of benzene rings is 1. The Morgan fingerprint density at radius 3 is 2.50 bits per heavy atom. The standard InChI is InChI=1S/C20H23F2N5O/c1-14-12-18(25(2)3)24-20(23-14)27-10-8-26(9-11-27)19(28)7-4-15-13-16(21)5-6-17(15)22/h4-7,12-13H,8-11H2,1-3H3/b7-4+. The SMILES string of the molecule is Cc1cc(N(C)C)nc(N2CCN(C(=O)/C=C/c3cc(F)ccc3F)CC2)n1. The molecule has 1 aromatic heterocycles. The molecule has 148 valence electrons. The minimum atomic E-state index is -0.566. The van der Waals surface area contributed by atoms with Crippen LogP contribution in [0.4, 0.5) is 20.5 Å². The molecule has 8 heteroatoms. The minimum Gasteiger partial charge on any atom is -0.363 e. The van der Waals surface area contributed by atoms with E-state index in [4.69, 9.17) is 0 Å². The Labute approximate surface area is 163 Å². The van der Waals surface area contributed by atoms with Crippen molar-refractivity contribution in [3.8, 4) is 0 Å². The third-order valence-corrected chi connectivity index (χ3v) is 4.52. The maximum absolute atomic E-state index is 13.7. The highest BCUT2D eigenvalue weighted by atomic mass is 19.1. The number of piperazine rings is 1. The summed E-state index contributed by atoms with van der Waals surface area (Å²) in [6, 6.07) is 5.07. The summed E-state index contributed by atoms with van der Waals surface area (Å²) in [5.74, 6) is 0.137. The number of halogens is 2. The zero-order valence-corrected chi connectivity index (χ0v) is 16.2. The van der Waals surface area contributed by atoms with Crippen LogP contribution in [0, 0.1) is 18.6 Å². The van der Waals surface area contributed by atoms with Gasteiger partial charge in [-0.05, 0) is 31.2 Å². The number of carbonyl (C=O) groups excluding carboxylic acids is 1. The quantitative estimate of drug-likeness (QED) is 0.755. The van der Waals surface area contributed by atoms with Gasteiger partial charge in [-0.15, -0.1) is 0 Å². The van der Waals surface area contributed by atoms with E-state index in [0.29, 0.717) is 32.1 Å². The number of hydrogen-bond acceptors (Lipinski definition) is 5. The van der Waals surface area contributed by atoms with Gasteiger partial charge in [-0.3, -0.25) is 4.79 Å². The first-order valence-electron chi connectivity index (χ1n) is 9.03. The lowest BCUT2D eigenvalue weighted by atomic mass is 10.2. The molecule has 0 atom stereocenters. The average Bonchev–Trinajstić information content (AvgIpc) is 2.68. The summed E-state index contributed by atoms with van der Waals surface area (Å²) >= 11 is 0. The van der Waals surface area contributed by atoms with Crippen molar-refractivity contribution in [1.82, 2.24) is 14.9 Å². The summed E-state index contributed by atoms with van der Waals surface area (Å²) < 4.78 is 26.9. The number of amides is 1. The van der Waals surface area contributed by atoms with E-state index in [1.165, 1.54) is 12.2 Å². The molecule has 0 radical (unpaired) electrons. The fourth-order valence-electron chi connectivity index (χ4n) is 2.94. The smallest absolute Gasteiger partial charge is 0.246 e. The fraction of sp³-hybridized carbons (Fsp3) is 0.350. The minimum absolute atomic E-state index is 0.0522. The Morgan fingerprint density at radius 1 is 1.11 bits per heavy atom. The molecule has 2 heterocycles. The molecule has 1 aliphatic rings. The lowest BCUT2D eigenvalue weighted by Crippen LogP contribution is -2.49. The molecule has 0 bridgehead atoms. The van der Waals surface area contributed by atoms with E-state index < -0.39 is 11.6 Å². The maximum Gasteiger partial charge on any atom is 0.246 e. The molecule has 0 N–H and O–H groups in total. The van der Waals surface area contributed by atoms with Crippen LogP contribution in [0.15, 0.2) is 30.3 Å². The van der Waals surface area contributed by atoms with E-state index in [2.05, 4.69) is 9.97 Å². The van der Waals surface area contributed by atoms with Crippen LogP contribution in [0.2, 0.25) is 0 Å². The molecule has 1 aliphatic heterocycles. The third-order valence-electron chi connectivity index (χ3n) is 4.52. The summed E-state index contributed by atoms with van der Waals surface area (Å²) in [4.78, 5) is 27.1. The average molecular weight is 387 g/mol. The van der Waals surface area contributed by atoms with Gasteiger partial charge in [0.2, 0.25) is 11.9 Å². The zero-order chi connectivity index (χ0) is 20.3. The number of aryl methyl sites for hydroxylation is 1. The highest BCUT2D eigenvalue weighted by molar-refractivity contribution is 5.92. The Kier molecular flexibility index (Phi) is 5.87. The third kappa shape index (κ3) is 4.62. The fourth-order valence-corrected chi connectivity index (χ4v) is 2.94. The van der Waals surface area contributed by atoms with E-state index in [9.17, 15) is 13.6 Å². The van der Waals surface area contributed by atoms with Crippen LogP contribution in [0.25, 0.3) is 6.08 Å². The van der Waals surface area contributed by atoms with Gasteiger partial charge in [-0.25, -0.2) is 13.8 Å². The molecule has 0 aliphatic carbocycles. The molecule has 6 nitrogen and oxygen atoms in total. The predicted molar refractivity (Wildman–Crippen MR) is 105 cm³/mol. The second kappa shape index (κ2) is 8.33. The first-order valence-corrected chi connectivity index (χ1v) is 9.03. The van der Waals surface area contributed by atoms with E-state index in [-0.39, 0.29) is 11.5 Å². The lowest BCUT2D eigenvalue weighted by Gasteiger charge is -2.34. The van der Waals surface area contributed by atoms with Crippen LogP contribution >= 0.6 is 0 Å². The second-order valence-corrected chi connectivity index (χ2v) is 6.87. The van der Waals surface area contributed by atoms with Gasteiger partial charge < -0.3 is 14.7 Å². The van der Waals surface area contributed by atoms with Crippen molar-refractivity contribution in [3.63, 3.8) is 0 Å². The van der Waals surface area contributed by atoms with Crippen LogP contribution in [0.1, 0.15) is 11.3 Å². The first kappa shape index (κ1) is 19.7. The van der Waals surface area contributed by atoms with Gasteiger partial charge in [0.25, 0.3) is 0 Å². The van der Waals surface area contributed by atoms with Crippen molar-refractivity contribution >= 4 is 23.7 Å². The monoisotopic (exact) mass is 387 g/mol. The molecular formula is C20H23F2N5O. The van der Waals surface area contributed by atoms with Gasteiger partial charge in [-0.1, -0.05) is 0 Å². The van der Waals surface area contributed by atoms with Crippen LogP contribution in [-0.2, 0) is 4.79 Å². The van der Waals surface area contributed by atoms with Gasteiger partial charge in [0.15, 0.2) is 0 Å². The van der Waals surface area contributed by atoms with Crippen molar-refractivity contribution in [1.29, 1.82) is 0 Å². The number of nitrogens with zero attached hydrogens (tertiary/aromatic N) is 5. The van der Waals surface area contributed by atoms with Crippen molar-refractivity contribution in [2.45, 2.75) is 6.92 Å². The van der Waals surface area contributed by atoms with Gasteiger partial charge in [0, 0.05) is 63.7 Å². The normalized spacial score (nSPS) is 14.6. The molecule has 1 fully saturated rings. The summed E-state index contributed by atoms with van der Waals surface area (Å²) in [6.45, 7) is 4.13. The Bertz CT molecular complexity index is 892. The van der Waals surface area contributed by atoms with Crippen molar-refractivity contribution in [3.05, 3.63) is 53.2 Å². The van der Waals surface area contributed by atoms with Crippen LogP contribution < -0.4 is 9.80 Å². The van der Waals surface area contributed by atoms with Crippen molar-refractivity contribution in [2.75, 3.05) is 50.1 Å². The molecular weight excluding hydrogens is 364 g/mol. The molecule has 1 saturated heterocycles. The molecule has 1 amide bonds. The molecule has 0 unspecified atom stereocenters. The molecule has 3 rings (SSSR count). The summed E-state index contributed by atoms with van der Waals surface area (Å²) in [7, 11) is 3.85. The predicted octanol–water partition coefficient (Wildman–Crippen LogP) is 2.49. The van der Waals surface area contributed by atoms with Gasteiger partial charge >= 0.3 is 0 Å². The topological polar surface area (TPSA) is 52.6 Å². The van der Waals surface area contributed by atoms with E-state index in [1.54, 1.807) is 4.90 Å². The highest BCUT2D eigenvalue weighted by Crippen LogP contribution is 2.18. The Hall–Kier alpha value is -3.03. The molecule has 0 spiro atoms. The van der Waals surface area contributed by atoms with Gasteiger partial charge in [0.1, 0.15) is 17.5 Å². The highest BCUT2D eigenvalue weighted by Gasteiger charge is 2.22. The summed E-state index contributed by atoms with van der Waals surface area (Å²) in [5.41, 5.74) is 0.934. The zero-order valence-electron chi connectivity index (χ0n) is 16.2. The largest absolute Gasteiger partial charge is 0.363 e. The summed E-state index contributed by atoms with van der Waals surface area (Å²) in [6.07, 6.45) is 2.58. The maximum atomic E-state index is 13.7. The first-order chi connectivity index (χ1) is 13.3. The lowest BCUT2D eigenvalue weighted by molar-refractivity contribution is -0.126. The van der Waals surface area contributed by atoms with E-state index in [0.717, 1.165) is 29.7 Å². The molecule has 0 saturated carbocycles. The number of carbonyl (C=O) groups is 1. The van der Waals surface area contributed by atoms with Crippen LogP contribution in [-0.4, -0.2) is 61.0 Å². The van der Waals surface area contributed by atoms with Gasteiger partial charge in [0.05, 0.1) is 0 Å². The van der Waals surface area contributed by atoms with Crippen LogP contribution in [0.5, 0.6) is 0 Å². The Morgan fingerprint density at radius 2 is 1.82 bits per heavy atom. The van der Waals surface area contributed by atoms with Crippen molar-refractivity contribution < 1.29 is 13.6 Å². The Balaban J connectivity index is 1.63. The molecule has 2 aromatic rings.